The van der Waals surface area contributed by atoms with Gasteiger partial charge in [-0.3, -0.25) is 4.79 Å². The number of aromatic nitrogens is 3. The molecule has 3 aromatic heterocycles. The van der Waals surface area contributed by atoms with Crippen LogP contribution in [0.25, 0.3) is 11.4 Å². The number of fused-ring (bicyclic) bond motifs is 1. The van der Waals surface area contributed by atoms with Crippen molar-refractivity contribution in [2.75, 3.05) is 18.2 Å². The normalized spacial score (nSPS) is 13.0. The summed E-state index contributed by atoms with van der Waals surface area (Å²) >= 11 is 4.62. The number of methoxy groups -OCH3 is 1. The lowest BCUT2D eigenvalue weighted by Gasteiger charge is -2.11. The first kappa shape index (κ1) is 24.9. The smallest absolute Gasteiger partial charge is 0.341 e. The molecule has 1 amide bonds. The molecule has 34 heavy (non-hydrogen) atoms. The molecule has 3 heterocycles. The number of hydrogen-bond donors (Lipinski definition) is 1. The standard InChI is InChI=1S/C24H30N4O3S3/c1-4-8-16-12-15(13-32-16)21-26-27-24(28(21)11-5-2)33-14-19(29)25-22-20(23(30)31-3)17-9-6-7-10-18(17)34-22/h12-13H,4-11,14H2,1-3H3,(H,25,29). The van der Waals surface area contributed by atoms with Gasteiger partial charge < -0.3 is 14.6 Å². The van der Waals surface area contributed by atoms with E-state index in [4.69, 9.17) is 4.74 Å². The van der Waals surface area contributed by atoms with E-state index in [1.165, 1.54) is 40.0 Å². The van der Waals surface area contributed by atoms with Crippen LogP contribution in [0.2, 0.25) is 0 Å². The van der Waals surface area contributed by atoms with Crippen LogP contribution in [0.15, 0.2) is 16.6 Å². The molecule has 0 saturated carbocycles. The molecule has 1 aliphatic carbocycles. The van der Waals surface area contributed by atoms with Gasteiger partial charge in [-0.15, -0.1) is 32.9 Å². The van der Waals surface area contributed by atoms with Gasteiger partial charge in [-0.2, -0.15) is 0 Å². The van der Waals surface area contributed by atoms with Gasteiger partial charge >= 0.3 is 5.97 Å². The van der Waals surface area contributed by atoms with E-state index in [2.05, 4.69) is 45.4 Å². The number of esters is 1. The molecule has 0 aliphatic heterocycles. The first-order valence-electron chi connectivity index (χ1n) is 11.7. The molecule has 1 N–H and O–H groups in total. The molecule has 0 saturated heterocycles. The first-order chi connectivity index (χ1) is 16.5. The lowest BCUT2D eigenvalue weighted by atomic mass is 9.95. The lowest BCUT2D eigenvalue weighted by Crippen LogP contribution is -2.17. The van der Waals surface area contributed by atoms with Gasteiger partial charge in [0.1, 0.15) is 5.00 Å². The monoisotopic (exact) mass is 518 g/mol. The van der Waals surface area contributed by atoms with Gasteiger partial charge in [0, 0.05) is 27.2 Å². The Kier molecular flexibility index (Phi) is 8.44. The van der Waals surface area contributed by atoms with Crippen LogP contribution >= 0.6 is 34.4 Å². The van der Waals surface area contributed by atoms with Gasteiger partial charge in [0.2, 0.25) is 5.91 Å². The second kappa shape index (κ2) is 11.5. The number of hydrogen-bond acceptors (Lipinski definition) is 8. The molecule has 0 unspecified atom stereocenters. The number of carbonyl (C=O) groups excluding carboxylic acids is 2. The van der Waals surface area contributed by atoms with E-state index < -0.39 is 0 Å². The summed E-state index contributed by atoms with van der Waals surface area (Å²) in [4.78, 5) is 27.8. The molecule has 10 heteroatoms. The topological polar surface area (TPSA) is 86.1 Å². The molecular weight excluding hydrogens is 488 g/mol. The maximum absolute atomic E-state index is 12.8. The van der Waals surface area contributed by atoms with Crippen LogP contribution in [0.1, 0.15) is 65.2 Å². The Labute approximate surface area is 212 Å². The Morgan fingerprint density at radius 1 is 1.21 bits per heavy atom. The molecule has 0 spiro atoms. The quantitative estimate of drug-likeness (QED) is 0.269. The molecule has 1 aliphatic rings. The van der Waals surface area contributed by atoms with Gasteiger partial charge in [0.05, 0.1) is 18.4 Å². The van der Waals surface area contributed by atoms with Gasteiger partial charge in [-0.1, -0.05) is 32.0 Å². The van der Waals surface area contributed by atoms with Crippen molar-refractivity contribution < 1.29 is 14.3 Å². The lowest BCUT2D eigenvalue weighted by molar-refractivity contribution is -0.113. The minimum atomic E-state index is -0.382. The molecule has 182 valence electrons. The van der Waals surface area contributed by atoms with Crippen molar-refractivity contribution in [3.63, 3.8) is 0 Å². The average Bonchev–Trinajstić information content (AvgIpc) is 3.54. The van der Waals surface area contributed by atoms with Crippen LogP contribution in [-0.4, -0.2) is 39.5 Å². The number of nitrogens with one attached hydrogen (secondary N) is 1. The molecular formula is C24H30N4O3S3. The van der Waals surface area contributed by atoms with Crippen LogP contribution in [0, 0.1) is 0 Å². The molecule has 0 bridgehead atoms. The SMILES string of the molecule is CCCc1cc(-c2nnc(SCC(=O)Nc3sc4c(c3C(=O)OC)CCCC4)n2CCC)cs1. The van der Waals surface area contributed by atoms with E-state index in [1.807, 2.05) is 0 Å². The number of anilines is 1. The zero-order valence-corrected chi connectivity index (χ0v) is 22.3. The fourth-order valence-electron chi connectivity index (χ4n) is 4.17. The molecule has 0 atom stereocenters. The van der Waals surface area contributed by atoms with Gasteiger partial charge in [-0.05, 0) is 50.2 Å². The summed E-state index contributed by atoms with van der Waals surface area (Å²) in [6.07, 6.45) is 7.08. The maximum atomic E-state index is 12.8. The van der Waals surface area contributed by atoms with E-state index in [9.17, 15) is 9.59 Å². The molecule has 3 aromatic rings. The fourth-order valence-corrected chi connectivity index (χ4v) is 7.20. The maximum Gasteiger partial charge on any atom is 0.341 e. The van der Waals surface area contributed by atoms with Gasteiger partial charge in [-0.25, -0.2) is 4.79 Å². The van der Waals surface area contributed by atoms with Crippen molar-refractivity contribution in [2.24, 2.45) is 0 Å². The number of thiophene rings is 2. The largest absolute Gasteiger partial charge is 0.465 e. The summed E-state index contributed by atoms with van der Waals surface area (Å²) in [5.74, 6) is 0.493. The van der Waals surface area contributed by atoms with Crippen LogP contribution in [-0.2, 0) is 35.3 Å². The van der Waals surface area contributed by atoms with E-state index in [-0.39, 0.29) is 17.6 Å². The van der Waals surface area contributed by atoms with E-state index in [0.717, 1.165) is 73.6 Å². The number of rotatable bonds is 10. The predicted molar refractivity (Wildman–Crippen MR) is 139 cm³/mol. The minimum Gasteiger partial charge on any atom is -0.465 e. The van der Waals surface area contributed by atoms with Crippen molar-refractivity contribution in [3.05, 3.63) is 32.3 Å². The van der Waals surface area contributed by atoms with Gasteiger partial charge in [0.15, 0.2) is 11.0 Å². The van der Waals surface area contributed by atoms with Crippen molar-refractivity contribution >= 4 is 51.3 Å². The van der Waals surface area contributed by atoms with E-state index >= 15 is 0 Å². The third-order valence-corrected chi connectivity index (χ3v) is 8.89. The second-order valence-electron chi connectivity index (χ2n) is 8.25. The molecule has 4 rings (SSSR count). The number of aryl methyl sites for hydroxylation is 2. The number of ether oxygens (including phenoxy) is 1. The fraction of sp³-hybridized carbons (Fsp3) is 0.500. The Bertz CT molecular complexity index is 1160. The van der Waals surface area contributed by atoms with Crippen molar-refractivity contribution in [2.45, 2.75) is 70.5 Å². The van der Waals surface area contributed by atoms with Crippen LogP contribution in [0.4, 0.5) is 5.00 Å². The number of amides is 1. The van der Waals surface area contributed by atoms with Crippen molar-refractivity contribution in [1.82, 2.24) is 14.8 Å². The Balaban J connectivity index is 1.48. The van der Waals surface area contributed by atoms with E-state index in [0.29, 0.717) is 10.6 Å². The molecule has 0 radical (unpaired) electrons. The van der Waals surface area contributed by atoms with Crippen LogP contribution in [0.5, 0.6) is 0 Å². The molecule has 0 fully saturated rings. The second-order valence-corrected chi connectivity index (χ2v) is 11.3. The van der Waals surface area contributed by atoms with Crippen molar-refractivity contribution in [3.8, 4) is 11.4 Å². The summed E-state index contributed by atoms with van der Waals surface area (Å²) in [6.45, 7) is 5.08. The van der Waals surface area contributed by atoms with Crippen molar-refractivity contribution in [1.29, 1.82) is 0 Å². The Morgan fingerprint density at radius 2 is 2.03 bits per heavy atom. The predicted octanol–water partition coefficient (Wildman–Crippen LogP) is 5.83. The van der Waals surface area contributed by atoms with Crippen LogP contribution in [0.3, 0.4) is 0 Å². The summed E-state index contributed by atoms with van der Waals surface area (Å²) in [6, 6.07) is 2.19. The number of thioether (sulfide) groups is 1. The number of nitrogens with zero attached hydrogens (tertiary/aromatic N) is 3. The highest BCUT2D eigenvalue weighted by molar-refractivity contribution is 7.99. The number of carbonyl (C=O) groups is 2. The zero-order chi connectivity index (χ0) is 24.1. The third-order valence-electron chi connectivity index (χ3n) is 5.72. The highest BCUT2D eigenvalue weighted by Gasteiger charge is 2.27. The zero-order valence-electron chi connectivity index (χ0n) is 19.8. The highest BCUT2D eigenvalue weighted by atomic mass is 32.2. The molecule has 7 nitrogen and oxygen atoms in total. The Hall–Kier alpha value is -2.17. The van der Waals surface area contributed by atoms with Gasteiger partial charge in [0.25, 0.3) is 0 Å². The van der Waals surface area contributed by atoms with Crippen LogP contribution < -0.4 is 5.32 Å². The third kappa shape index (κ3) is 5.39. The average molecular weight is 519 g/mol. The summed E-state index contributed by atoms with van der Waals surface area (Å²) < 4.78 is 7.10. The summed E-state index contributed by atoms with van der Waals surface area (Å²) in [5, 5.41) is 15.3. The summed E-state index contributed by atoms with van der Waals surface area (Å²) in [5.41, 5.74) is 2.64. The molecule has 0 aromatic carbocycles. The summed E-state index contributed by atoms with van der Waals surface area (Å²) in [7, 11) is 1.38. The van der Waals surface area contributed by atoms with E-state index in [1.54, 1.807) is 11.3 Å². The minimum absolute atomic E-state index is 0.165. The highest BCUT2D eigenvalue weighted by Crippen LogP contribution is 2.38. The Morgan fingerprint density at radius 3 is 2.79 bits per heavy atom. The first-order valence-corrected chi connectivity index (χ1v) is 14.4.